The summed E-state index contributed by atoms with van der Waals surface area (Å²) >= 11 is 0. The highest BCUT2D eigenvalue weighted by Crippen LogP contribution is 2.24. The second-order valence-electron chi connectivity index (χ2n) is 5.62. The van der Waals surface area contributed by atoms with Crippen molar-refractivity contribution in [2.75, 3.05) is 37.3 Å². The fourth-order valence-corrected chi connectivity index (χ4v) is 2.57. The third-order valence-electron chi connectivity index (χ3n) is 3.87. The van der Waals surface area contributed by atoms with Crippen LogP contribution in [0.1, 0.15) is 39.5 Å². The van der Waals surface area contributed by atoms with Crippen molar-refractivity contribution in [2.24, 2.45) is 0 Å². The number of piperidine rings is 1. The number of ether oxygens (including phenoxy) is 1. The molecule has 0 amide bonds. The number of nitrogens with one attached hydrogen (secondary N) is 1. The Balaban J connectivity index is 1.89. The molecule has 0 spiro atoms. The van der Waals surface area contributed by atoms with Gasteiger partial charge in [-0.1, -0.05) is 13.3 Å². The van der Waals surface area contributed by atoms with Gasteiger partial charge in [-0.05, 0) is 39.3 Å². The van der Waals surface area contributed by atoms with Gasteiger partial charge in [0.2, 0.25) is 5.88 Å². The highest BCUT2D eigenvalue weighted by Gasteiger charge is 2.17. The molecule has 0 bridgehead atoms. The van der Waals surface area contributed by atoms with Gasteiger partial charge in [0.15, 0.2) is 5.82 Å². The molecule has 1 unspecified atom stereocenters. The number of hydrogen-bond donors (Lipinski definition) is 2. The molecule has 2 heterocycles. The topological polar surface area (TPSA) is 76.3 Å². The van der Waals surface area contributed by atoms with Crippen molar-refractivity contribution in [1.29, 1.82) is 0 Å². The molecule has 0 saturated carbocycles. The summed E-state index contributed by atoms with van der Waals surface area (Å²) in [5.41, 5.74) is 6.56. The molecule has 0 aromatic carbocycles. The molecule has 118 valence electrons. The molecule has 2 rings (SSSR count). The first-order valence-corrected chi connectivity index (χ1v) is 7.93. The van der Waals surface area contributed by atoms with Crippen molar-refractivity contribution in [3.8, 4) is 5.88 Å². The maximum absolute atomic E-state index is 6.06. The molecule has 1 saturated heterocycles. The van der Waals surface area contributed by atoms with Gasteiger partial charge in [0.25, 0.3) is 0 Å². The molecule has 1 aromatic heterocycles. The first-order valence-electron chi connectivity index (χ1n) is 7.93. The predicted molar refractivity (Wildman–Crippen MR) is 85.6 cm³/mol. The monoisotopic (exact) mass is 293 g/mol. The molecule has 1 aliphatic rings. The summed E-state index contributed by atoms with van der Waals surface area (Å²) in [6.07, 6.45) is 6.38. The molecule has 0 radical (unpaired) electrons. The zero-order valence-electron chi connectivity index (χ0n) is 13.1. The zero-order valence-corrected chi connectivity index (χ0v) is 13.1. The van der Waals surface area contributed by atoms with Crippen LogP contribution < -0.4 is 15.8 Å². The molecule has 0 aliphatic carbocycles. The van der Waals surface area contributed by atoms with Crippen LogP contribution in [0, 0.1) is 0 Å². The van der Waals surface area contributed by atoms with Gasteiger partial charge in [-0.25, -0.2) is 4.98 Å². The van der Waals surface area contributed by atoms with Gasteiger partial charge in [-0.2, -0.15) is 4.98 Å². The number of rotatable bonds is 7. The zero-order chi connectivity index (χ0) is 15.1. The lowest BCUT2D eigenvalue weighted by Gasteiger charge is -2.32. The van der Waals surface area contributed by atoms with Crippen LogP contribution in [0.4, 0.5) is 11.5 Å². The number of likely N-dealkylation sites (tertiary alicyclic amines) is 1. The van der Waals surface area contributed by atoms with E-state index in [2.05, 4.69) is 34.0 Å². The van der Waals surface area contributed by atoms with Crippen molar-refractivity contribution in [2.45, 2.75) is 45.6 Å². The molecule has 6 nitrogen and oxygen atoms in total. The van der Waals surface area contributed by atoms with E-state index >= 15 is 0 Å². The molecule has 1 atom stereocenters. The average Bonchev–Trinajstić information content (AvgIpc) is 2.53. The minimum atomic E-state index is 0.472. The summed E-state index contributed by atoms with van der Waals surface area (Å²) in [6, 6.07) is 0.472. The Kier molecular flexibility index (Phi) is 6.04. The molecule has 1 fully saturated rings. The lowest BCUT2D eigenvalue weighted by atomic mass is 10.1. The summed E-state index contributed by atoms with van der Waals surface area (Å²) < 4.78 is 5.52. The largest absolute Gasteiger partial charge is 0.476 e. The normalized spacial score (nSPS) is 17.4. The van der Waals surface area contributed by atoms with Gasteiger partial charge in [-0.3, -0.25) is 4.90 Å². The minimum absolute atomic E-state index is 0.472. The van der Waals surface area contributed by atoms with Gasteiger partial charge in [0.05, 0.1) is 6.61 Å². The van der Waals surface area contributed by atoms with Crippen LogP contribution in [-0.4, -0.2) is 47.2 Å². The van der Waals surface area contributed by atoms with E-state index in [0.717, 1.165) is 13.0 Å². The maximum Gasteiger partial charge on any atom is 0.242 e. The maximum atomic E-state index is 6.06. The molecular formula is C15H27N5O. The van der Waals surface area contributed by atoms with E-state index in [0.29, 0.717) is 30.0 Å². The van der Waals surface area contributed by atoms with Crippen LogP contribution in [0.3, 0.4) is 0 Å². The number of nitrogens with zero attached hydrogens (tertiary/aromatic N) is 3. The minimum Gasteiger partial charge on any atom is -0.476 e. The second kappa shape index (κ2) is 8.02. The van der Waals surface area contributed by atoms with Crippen LogP contribution >= 0.6 is 0 Å². The molecular weight excluding hydrogens is 266 g/mol. The molecule has 1 aromatic rings. The fourth-order valence-electron chi connectivity index (χ4n) is 2.57. The molecule has 3 N–H and O–H groups in total. The van der Waals surface area contributed by atoms with Gasteiger partial charge in [0, 0.05) is 12.6 Å². The Morgan fingerprint density at radius 1 is 1.33 bits per heavy atom. The smallest absolute Gasteiger partial charge is 0.242 e. The van der Waals surface area contributed by atoms with Crippen molar-refractivity contribution >= 4 is 11.5 Å². The van der Waals surface area contributed by atoms with Crippen LogP contribution in [0.2, 0.25) is 0 Å². The van der Waals surface area contributed by atoms with Crippen molar-refractivity contribution in [3.05, 3.63) is 6.33 Å². The Morgan fingerprint density at radius 3 is 2.81 bits per heavy atom. The van der Waals surface area contributed by atoms with Crippen LogP contribution in [0.15, 0.2) is 6.33 Å². The Labute approximate surface area is 127 Å². The van der Waals surface area contributed by atoms with Gasteiger partial charge in [0.1, 0.15) is 12.0 Å². The van der Waals surface area contributed by atoms with E-state index in [1.54, 1.807) is 0 Å². The quantitative estimate of drug-likeness (QED) is 0.802. The van der Waals surface area contributed by atoms with Crippen LogP contribution in [-0.2, 0) is 0 Å². The number of aromatic nitrogens is 2. The summed E-state index contributed by atoms with van der Waals surface area (Å²) in [6.45, 7) is 8.11. The van der Waals surface area contributed by atoms with E-state index in [4.69, 9.17) is 10.5 Å². The SMILES string of the molecule is CCCOc1ncnc(NCC(C)N2CCCCC2)c1N. The average molecular weight is 293 g/mol. The summed E-state index contributed by atoms with van der Waals surface area (Å²) in [5.74, 6) is 1.14. The Morgan fingerprint density at radius 2 is 2.10 bits per heavy atom. The predicted octanol–water partition coefficient (Wildman–Crippen LogP) is 2.13. The van der Waals surface area contributed by atoms with E-state index in [9.17, 15) is 0 Å². The van der Waals surface area contributed by atoms with E-state index in [1.807, 2.05) is 0 Å². The van der Waals surface area contributed by atoms with E-state index in [-0.39, 0.29) is 0 Å². The van der Waals surface area contributed by atoms with E-state index in [1.165, 1.54) is 38.7 Å². The summed E-state index contributed by atoms with van der Waals surface area (Å²) in [7, 11) is 0. The highest BCUT2D eigenvalue weighted by atomic mass is 16.5. The van der Waals surface area contributed by atoms with Gasteiger partial charge in [-0.15, -0.1) is 0 Å². The third kappa shape index (κ3) is 4.46. The highest BCUT2D eigenvalue weighted by molar-refractivity contribution is 5.66. The standard InChI is InChI=1S/C15H27N5O/c1-3-9-21-15-13(16)14(18-11-19-15)17-10-12(2)20-7-5-4-6-8-20/h11-12H,3-10,16H2,1-2H3,(H,17,18,19). The number of nitrogens with two attached hydrogens (primary N) is 1. The van der Waals surface area contributed by atoms with E-state index < -0.39 is 0 Å². The summed E-state index contributed by atoms with van der Waals surface area (Å²) in [4.78, 5) is 10.8. The number of nitrogen functional groups attached to an aromatic ring is 1. The summed E-state index contributed by atoms with van der Waals surface area (Å²) in [5, 5.41) is 3.33. The van der Waals surface area contributed by atoms with Crippen LogP contribution in [0.5, 0.6) is 5.88 Å². The number of anilines is 2. The Hall–Kier alpha value is -1.56. The van der Waals surface area contributed by atoms with Crippen LogP contribution in [0.25, 0.3) is 0 Å². The number of hydrogen-bond acceptors (Lipinski definition) is 6. The molecule has 21 heavy (non-hydrogen) atoms. The van der Waals surface area contributed by atoms with Crippen molar-refractivity contribution in [1.82, 2.24) is 14.9 Å². The fraction of sp³-hybridized carbons (Fsp3) is 0.733. The van der Waals surface area contributed by atoms with Crippen molar-refractivity contribution in [3.63, 3.8) is 0 Å². The third-order valence-corrected chi connectivity index (χ3v) is 3.87. The van der Waals surface area contributed by atoms with Crippen molar-refractivity contribution < 1.29 is 4.74 Å². The lowest BCUT2D eigenvalue weighted by molar-refractivity contribution is 0.180. The molecule has 1 aliphatic heterocycles. The lowest BCUT2D eigenvalue weighted by Crippen LogP contribution is -2.41. The first-order chi connectivity index (χ1) is 10.2. The molecule has 6 heteroatoms. The Bertz CT molecular complexity index is 434. The van der Waals surface area contributed by atoms with Gasteiger partial charge < -0.3 is 15.8 Å². The first kappa shape index (κ1) is 15.8. The second-order valence-corrected chi connectivity index (χ2v) is 5.62. The van der Waals surface area contributed by atoms with Gasteiger partial charge >= 0.3 is 0 Å².